The highest BCUT2D eigenvalue weighted by Gasteiger charge is 2.15. The van der Waals surface area contributed by atoms with E-state index in [1.807, 2.05) is 18.3 Å². The van der Waals surface area contributed by atoms with Gasteiger partial charge >= 0.3 is 0 Å². The number of benzene rings is 5. The Hall–Kier alpha value is -4.95. The summed E-state index contributed by atoms with van der Waals surface area (Å²) < 4.78 is 2.38. The molecule has 0 aliphatic rings. The zero-order chi connectivity index (χ0) is 24.6. The molecule has 0 aliphatic carbocycles. The Bertz CT molecular complexity index is 1750. The lowest BCUT2D eigenvalue weighted by molar-refractivity contribution is 1.18. The summed E-state index contributed by atoms with van der Waals surface area (Å²) in [7, 11) is 0. The van der Waals surface area contributed by atoms with E-state index < -0.39 is 0 Å². The molecular weight excluding hydrogens is 448 g/mol. The zero-order valence-electron chi connectivity index (χ0n) is 20.3. The number of nitrogens with zero attached hydrogens (tertiary/aromatic N) is 2. The molecule has 7 rings (SSSR count). The van der Waals surface area contributed by atoms with Crippen LogP contribution in [0, 0.1) is 0 Å². The summed E-state index contributed by atoms with van der Waals surface area (Å²) in [4.78, 5) is 4.58. The highest BCUT2D eigenvalue weighted by Crippen LogP contribution is 2.37. The SMILES string of the molecule is c1ccc(-c2ccc3c(c2)c2cc(-c4ccccc4)ccc2n3-c2cccc(-c3ccccn3)c2)cc1. The fourth-order valence-corrected chi connectivity index (χ4v) is 5.26. The van der Waals surface area contributed by atoms with Gasteiger partial charge in [-0.2, -0.15) is 0 Å². The van der Waals surface area contributed by atoms with E-state index in [9.17, 15) is 0 Å². The maximum absolute atomic E-state index is 4.58. The number of pyridine rings is 1. The summed E-state index contributed by atoms with van der Waals surface area (Å²) in [5, 5.41) is 2.50. The molecule has 2 nitrogen and oxygen atoms in total. The van der Waals surface area contributed by atoms with E-state index in [-0.39, 0.29) is 0 Å². The van der Waals surface area contributed by atoms with E-state index in [4.69, 9.17) is 0 Å². The van der Waals surface area contributed by atoms with Gasteiger partial charge in [0.25, 0.3) is 0 Å². The molecule has 7 aromatic rings. The molecule has 37 heavy (non-hydrogen) atoms. The third kappa shape index (κ3) is 3.80. The van der Waals surface area contributed by atoms with Crippen molar-refractivity contribution in [1.29, 1.82) is 0 Å². The van der Waals surface area contributed by atoms with Gasteiger partial charge in [0.05, 0.1) is 16.7 Å². The first-order valence-electron chi connectivity index (χ1n) is 12.6. The van der Waals surface area contributed by atoms with Crippen LogP contribution in [0.1, 0.15) is 0 Å². The summed E-state index contributed by atoms with van der Waals surface area (Å²) in [5.74, 6) is 0. The summed E-state index contributed by atoms with van der Waals surface area (Å²) in [5.41, 5.74) is 10.5. The maximum atomic E-state index is 4.58. The van der Waals surface area contributed by atoms with Crippen molar-refractivity contribution in [1.82, 2.24) is 9.55 Å². The van der Waals surface area contributed by atoms with Gasteiger partial charge < -0.3 is 4.57 Å². The largest absolute Gasteiger partial charge is 0.309 e. The fourth-order valence-electron chi connectivity index (χ4n) is 5.26. The number of fused-ring (bicyclic) bond motifs is 3. The fraction of sp³-hybridized carbons (Fsp3) is 0. The lowest BCUT2D eigenvalue weighted by Crippen LogP contribution is -1.95. The van der Waals surface area contributed by atoms with Gasteiger partial charge in [0.2, 0.25) is 0 Å². The number of hydrogen-bond acceptors (Lipinski definition) is 1. The molecule has 0 N–H and O–H groups in total. The molecule has 0 radical (unpaired) electrons. The smallest absolute Gasteiger partial charge is 0.0702 e. The van der Waals surface area contributed by atoms with Crippen LogP contribution in [0.3, 0.4) is 0 Å². The average molecular weight is 473 g/mol. The second-order valence-electron chi connectivity index (χ2n) is 9.30. The molecule has 0 fully saturated rings. The van der Waals surface area contributed by atoms with Crippen LogP contribution in [0.5, 0.6) is 0 Å². The first-order valence-corrected chi connectivity index (χ1v) is 12.6. The van der Waals surface area contributed by atoms with Crippen LogP contribution in [-0.4, -0.2) is 9.55 Å². The van der Waals surface area contributed by atoms with Gasteiger partial charge in [-0.15, -0.1) is 0 Å². The molecule has 2 heteroatoms. The van der Waals surface area contributed by atoms with Gasteiger partial charge in [-0.25, -0.2) is 0 Å². The van der Waals surface area contributed by atoms with E-state index in [0.29, 0.717) is 0 Å². The lowest BCUT2D eigenvalue weighted by atomic mass is 10.0. The lowest BCUT2D eigenvalue weighted by Gasteiger charge is -2.11. The number of rotatable bonds is 4. The van der Waals surface area contributed by atoms with Crippen molar-refractivity contribution in [2.75, 3.05) is 0 Å². The molecule has 0 saturated heterocycles. The van der Waals surface area contributed by atoms with Crippen LogP contribution >= 0.6 is 0 Å². The molecule has 0 unspecified atom stereocenters. The van der Waals surface area contributed by atoms with Gasteiger partial charge in [-0.05, 0) is 70.8 Å². The molecule has 0 bridgehead atoms. The molecule has 0 aliphatic heterocycles. The Morgan fingerprint density at radius 2 is 0.973 bits per heavy atom. The number of hydrogen-bond donors (Lipinski definition) is 0. The van der Waals surface area contributed by atoms with Crippen molar-refractivity contribution in [3.8, 4) is 39.2 Å². The first-order chi connectivity index (χ1) is 18.3. The summed E-state index contributed by atoms with van der Waals surface area (Å²) >= 11 is 0. The Morgan fingerprint density at radius 3 is 1.54 bits per heavy atom. The molecule has 2 aromatic heterocycles. The van der Waals surface area contributed by atoms with Crippen LogP contribution in [0.25, 0.3) is 61.0 Å². The van der Waals surface area contributed by atoms with E-state index in [2.05, 4.69) is 137 Å². The van der Waals surface area contributed by atoms with Crippen molar-refractivity contribution < 1.29 is 0 Å². The van der Waals surface area contributed by atoms with Crippen molar-refractivity contribution in [3.63, 3.8) is 0 Å². The van der Waals surface area contributed by atoms with Crippen molar-refractivity contribution in [2.45, 2.75) is 0 Å². The van der Waals surface area contributed by atoms with Crippen LogP contribution < -0.4 is 0 Å². The van der Waals surface area contributed by atoms with Crippen LogP contribution in [0.4, 0.5) is 0 Å². The Morgan fingerprint density at radius 1 is 0.405 bits per heavy atom. The molecule has 0 saturated carbocycles. The molecule has 5 aromatic carbocycles. The minimum Gasteiger partial charge on any atom is -0.309 e. The van der Waals surface area contributed by atoms with Crippen LogP contribution in [-0.2, 0) is 0 Å². The number of aromatic nitrogens is 2. The standard InChI is InChI=1S/C35H24N2/c1-3-10-25(11-4-1)27-17-19-34-31(23-27)32-24-28(26-12-5-2-6-13-26)18-20-35(32)37(34)30-15-9-14-29(22-30)33-16-7-8-21-36-33/h1-24H. The van der Waals surface area contributed by atoms with Gasteiger partial charge in [0.15, 0.2) is 0 Å². The minimum absolute atomic E-state index is 0.975. The Kier molecular flexibility index (Phi) is 5.15. The monoisotopic (exact) mass is 472 g/mol. The highest BCUT2D eigenvalue weighted by molar-refractivity contribution is 6.11. The average Bonchev–Trinajstić information content (AvgIpc) is 3.31. The quantitative estimate of drug-likeness (QED) is 0.250. The highest BCUT2D eigenvalue weighted by atomic mass is 15.0. The second kappa shape index (κ2) is 8.92. The Balaban J connectivity index is 1.50. The normalized spacial score (nSPS) is 11.2. The summed E-state index contributed by atoms with van der Waals surface area (Å²) in [6, 6.07) is 49.6. The molecule has 2 heterocycles. The van der Waals surface area contributed by atoms with Crippen LogP contribution in [0.15, 0.2) is 146 Å². The third-order valence-corrected chi connectivity index (χ3v) is 7.04. The van der Waals surface area contributed by atoms with Gasteiger partial charge in [-0.3, -0.25) is 4.98 Å². The third-order valence-electron chi connectivity index (χ3n) is 7.04. The zero-order valence-corrected chi connectivity index (χ0v) is 20.3. The van der Waals surface area contributed by atoms with E-state index in [0.717, 1.165) is 16.9 Å². The van der Waals surface area contributed by atoms with E-state index >= 15 is 0 Å². The van der Waals surface area contributed by atoms with Crippen molar-refractivity contribution in [2.24, 2.45) is 0 Å². The van der Waals surface area contributed by atoms with Crippen molar-refractivity contribution in [3.05, 3.63) is 146 Å². The summed E-state index contributed by atoms with van der Waals surface area (Å²) in [6.45, 7) is 0. The first kappa shape index (κ1) is 21.3. The predicted octanol–water partition coefficient (Wildman–Crippen LogP) is 9.18. The molecule has 174 valence electrons. The van der Waals surface area contributed by atoms with Gasteiger partial charge in [0.1, 0.15) is 0 Å². The molecule has 0 spiro atoms. The topological polar surface area (TPSA) is 17.8 Å². The minimum atomic E-state index is 0.975. The molecule has 0 atom stereocenters. The van der Waals surface area contributed by atoms with Gasteiger partial charge in [0, 0.05) is 28.2 Å². The van der Waals surface area contributed by atoms with E-state index in [1.165, 1.54) is 44.1 Å². The maximum Gasteiger partial charge on any atom is 0.0702 e. The predicted molar refractivity (Wildman–Crippen MR) is 155 cm³/mol. The second-order valence-corrected chi connectivity index (χ2v) is 9.30. The summed E-state index contributed by atoms with van der Waals surface area (Å²) in [6.07, 6.45) is 1.85. The van der Waals surface area contributed by atoms with Crippen molar-refractivity contribution >= 4 is 21.8 Å². The Labute approximate surface area is 216 Å². The van der Waals surface area contributed by atoms with Gasteiger partial charge in [-0.1, -0.05) is 91.0 Å². The molecule has 0 amide bonds. The van der Waals surface area contributed by atoms with E-state index in [1.54, 1.807) is 0 Å². The van der Waals surface area contributed by atoms with Crippen LogP contribution in [0.2, 0.25) is 0 Å². The molecular formula is C35H24N2.